The highest BCUT2D eigenvalue weighted by Gasteiger charge is 2.34. The predicted octanol–water partition coefficient (Wildman–Crippen LogP) is 6.17. The molecule has 0 spiro atoms. The molecule has 0 saturated carbocycles. The number of carbonyl (C=O) groups excluding carboxylic acids is 1. The van der Waals surface area contributed by atoms with Gasteiger partial charge in [0, 0.05) is 30.2 Å². The van der Waals surface area contributed by atoms with Crippen molar-refractivity contribution in [2.45, 2.75) is 39.7 Å². The standard InChI is InChI=1S/C32H34F2N2O4/c1-19(2)29(36(14-6-13-35)32(38)22-10-9-20(3)27(34)17-22)31-26(16-21-7-5-8-24(15-21)39-4)30(37)25-12-11-23(33)18-28(25)40-31/h5,7-12,15,17-19,29H,6,13-14,16,35H2,1-4H3. The van der Waals surface area contributed by atoms with Crippen LogP contribution in [-0.4, -0.2) is 31.0 Å². The number of nitrogens with zero attached hydrogens (tertiary/aromatic N) is 1. The summed E-state index contributed by atoms with van der Waals surface area (Å²) in [6.07, 6.45) is 0.671. The Balaban J connectivity index is 1.94. The summed E-state index contributed by atoms with van der Waals surface area (Å²) >= 11 is 0. The molecule has 4 rings (SSSR count). The number of hydrogen-bond donors (Lipinski definition) is 1. The van der Waals surface area contributed by atoms with Crippen molar-refractivity contribution >= 4 is 16.9 Å². The van der Waals surface area contributed by atoms with E-state index in [0.717, 1.165) is 5.56 Å². The summed E-state index contributed by atoms with van der Waals surface area (Å²) < 4.78 is 40.4. The first-order chi connectivity index (χ1) is 19.1. The molecule has 1 amide bonds. The molecule has 0 fully saturated rings. The van der Waals surface area contributed by atoms with Gasteiger partial charge in [-0.3, -0.25) is 9.59 Å². The van der Waals surface area contributed by atoms with Crippen molar-refractivity contribution in [3.05, 3.63) is 111 Å². The van der Waals surface area contributed by atoms with Crippen molar-refractivity contribution < 1.29 is 22.7 Å². The number of halogens is 2. The SMILES string of the molecule is COc1cccc(Cc2c(C(C(C)C)N(CCCN)C(=O)c3ccc(C)c(F)c3)oc3cc(F)ccc3c2=O)c1. The molecule has 4 aromatic rings. The molecule has 0 aliphatic carbocycles. The highest BCUT2D eigenvalue weighted by Crippen LogP contribution is 2.35. The molecule has 0 saturated heterocycles. The fourth-order valence-corrected chi connectivity index (χ4v) is 4.94. The molecule has 1 atom stereocenters. The first-order valence-corrected chi connectivity index (χ1v) is 13.3. The zero-order valence-electron chi connectivity index (χ0n) is 23.2. The minimum Gasteiger partial charge on any atom is -0.497 e. The van der Waals surface area contributed by atoms with E-state index in [0.29, 0.717) is 29.8 Å². The maximum Gasteiger partial charge on any atom is 0.254 e. The molecule has 1 aromatic heterocycles. The quantitative estimate of drug-likeness (QED) is 0.256. The van der Waals surface area contributed by atoms with E-state index in [1.807, 2.05) is 32.0 Å². The molecule has 0 aliphatic rings. The van der Waals surface area contributed by atoms with Gasteiger partial charge in [-0.15, -0.1) is 0 Å². The Morgan fingerprint density at radius 1 is 1.07 bits per heavy atom. The van der Waals surface area contributed by atoms with Crippen molar-refractivity contribution in [1.29, 1.82) is 0 Å². The number of ether oxygens (including phenoxy) is 1. The van der Waals surface area contributed by atoms with Crippen LogP contribution in [0, 0.1) is 24.5 Å². The summed E-state index contributed by atoms with van der Waals surface area (Å²) in [7, 11) is 1.56. The lowest BCUT2D eigenvalue weighted by molar-refractivity contribution is 0.0587. The van der Waals surface area contributed by atoms with Gasteiger partial charge in [0.2, 0.25) is 0 Å². The molecule has 8 heteroatoms. The van der Waals surface area contributed by atoms with E-state index < -0.39 is 23.6 Å². The molecule has 0 radical (unpaired) electrons. The fourth-order valence-electron chi connectivity index (χ4n) is 4.94. The van der Waals surface area contributed by atoms with Crippen molar-refractivity contribution in [2.24, 2.45) is 11.7 Å². The number of aryl methyl sites for hydroxylation is 1. The third kappa shape index (κ3) is 6.07. The number of carbonyl (C=O) groups is 1. The van der Waals surface area contributed by atoms with Gasteiger partial charge in [-0.25, -0.2) is 8.78 Å². The van der Waals surface area contributed by atoms with Gasteiger partial charge >= 0.3 is 0 Å². The molecule has 0 bridgehead atoms. The van der Waals surface area contributed by atoms with Crippen LogP contribution in [0.15, 0.2) is 69.9 Å². The Kier molecular flexibility index (Phi) is 9.00. The molecule has 40 heavy (non-hydrogen) atoms. The van der Waals surface area contributed by atoms with Crippen LogP contribution in [0.4, 0.5) is 8.78 Å². The maximum absolute atomic E-state index is 14.5. The van der Waals surface area contributed by atoms with Gasteiger partial charge in [0.25, 0.3) is 5.91 Å². The molecule has 3 aromatic carbocycles. The third-order valence-electron chi connectivity index (χ3n) is 7.01. The number of nitrogens with two attached hydrogens (primary N) is 1. The summed E-state index contributed by atoms with van der Waals surface area (Å²) in [6, 6.07) is 14.8. The number of hydrogen-bond acceptors (Lipinski definition) is 5. The average Bonchev–Trinajstić information content (AvgIpc) is 2.93. The molecular formula is C32H34F2N2O4. The number of fused-ring (bicyclic) bond motifs is 1. The summed E-state index contributed by atoms with van der Waals surface area (Å²) in [5, 5.41) is 0.242. The second kappa shape index (κ2) is 12.4. The van der Waals surface area contributed by atoms with Crippen LogP contribution in [0.1, 0.15) is 59.1 Å². The minimum atomic E-state index is -0.718. The Hall–Kier alpha value is -4.04. The van der Waals surface area contributed by atoms with Gasteiger partial charge in [0.05, 0.1) is 18.5 Å². The van der Waals surface area contributed by atoms with Crippen LogP contribution in [0.25, 0.3) is 11.0 Å². The average molecular weight is 549 g/mol. The highest BCUT2D eigenvalue weighted by molar-refractivity contribution is 5.94. The first-order valence-electron chi connectivity index (χ1n) is 13.3. The Bertz CT molecular complexity index is 1580. The summed E-state index contributed by atoms with van der Waals surface area (Å²) in [5.74, 6) is -0.783. The van der Waals surface area contributed by atoms with E-state index in [1.165, 1.54) is 24.3 Å². The highest BCUT2D eigenvalue weighted by atomic mass is 19.1. The number of rotatable bonds is 10. The van der Waals surface area contributed by atoms with Gasteiger partial charge in [0.1, 0.15) is 28.7 Å². The van der Waals surface area contributed by atoms with Crippen LogP contribution < -0.4 is 15.9 Å². The number of methoxy groups -OCH3 is 1. The largest absolute Gasteiger partial charge is 0.497 e. The summed E-state index contributed by atoms with van der Waals surface area (Å²) in [5.41, 5.74) is 7.36. The second-order valence-electron chi connectivity index (χ2n) is 10.2. The van der Waals surface area contributed by atoms with E-state index in [-0.39, 0.29) is 46.6 Å². The number of benzene rings is 3. The van der Waals surface area contributed by atoms with Gasteiger partial charge in [-0.1, -0.05) is 32.0 Å². The minimum absolute atomic E-state index is 0.0904. The zero-order chi connectivity index (χ0) is 29.0. The summed E-state index contributed by atoms with van der Waals surface area (Å²) in [4.78, 5) is 29.4. The van der Waals surface area contributed by atoms with E-state index in [2.05, 4.69) is 0 Å². The van der Waals surface area contributed by atoms with E-state index in [9.17, 15) is 18.4 Å². The van der Waals surface area contributed by atoms with Crippen LogP contribution in [0.5, 0.6) is 5.75 Å². The molecule has 1 heterocycles. The fraction of sp³-hybridized carbons (Fsp3) is 0.312. The van der Waals surface area contributed by atoms with Crippen LogP contribution in [0.2, 0.25) is 0 Å². The third-order valence-corrected chi connectivity index (χ3v) is 7.01. The Morgan fingerprint density at radius 2 is 1.85 bits per heavy atom. The Morgan fingerprint density at radius 3 is 2.52 bits per heavy atom. The first kappa shape index (κ1) is 29.0. The zero-order valence-corrected chi connectivity index (χ0v) is 23.2. The van der Waals surface area contributed by atoms with Crippen molar-refractivity contribution in [3.8, 4) is 5.75 Å². The van der Waals surface area contributed by atoms with Gasteiger partial charge < -0.3 is 19.8 Å². The monoisotopic (exact) mass is 548 g/mol. The van der Waals surface area contributed by atoms with Crippen molar-refractivity contribution in [2.75, 3.05) is 20.2 Å². The smallest absolute Gasteiger partial charge is 0.254 e. The maximum atomic E-state index is 14.5. The van der Waals surface area contributed by atoms with Crippen LogP contribution in [0.3, 0.4) is 0 Å². The van der Waals surface area contributed by atoms with Crippen LogP contribution >= 0.6 is 0 Å². The van der Waals surface area contributed by atoms with Gasteiger partial charge in [-0.2, -0.15) is 0 Å². The lowest BCUT2D eigenvalue weighted by Crippen LogP contribution is -2.40. The van der Waals surface area contributed by atoms with Crippen LogP contribution in [-0.2, 0) is 6.42 Å². The van der Waals surface area contributed by atoms with Crippen molar-refractivity contribution in [1.82, 2.24) is 4.90 Å². The van der Waals surface area contributed by atoms with Gasteiger partial charge in [0.15, 0.2) is 5.43 Å². The number of amides is 1. The van der Waals surface area contributed by atoms with E-state index in [1.54, 1.807) is 37.1 Å². The topological polar surface area (TPSA) is 85.8 Å². The molecular weight excluding hydrogens is 514 g/mol. The summed E-state index contributed by atoms with van der Waals surface area (Å²) in [6.45, 7) is 6.01. The molecule has 6 nitrogen and oxygen atoms in total. The molecule has 0 aliphatic heterocycles. The van der Waals surface area contributed by atoms with Crippen molar-refractivity contribution in [3.63, 3.8) is 0 Å². The second-order valence-corrected chi connectivity index (χ2v) is 10.2. The molecule has 1 unspecified atom stereocenters. The van der Waals surface area contributed by atoms with E-state index >= 15 is 0 Å². The molecule has 2 N–H and O–H groups in total. The van der Waals surface area contributed by atoms with Gasteiger partial charge in [-0.05, 0) is 73.3 Å². The normalized spacial score (nSPS) is 12.1. The lowest BCUT2D eigenvalue weighted by atomic mass is 9.91. The van der Waals surface area contributed by atoms with E-state index in [4.69, 9.17) is 14.9 Å². The lowest BCUT2D eigenvalue weighted by Gasteiger charge is -2.35. The predicted molar refractivity (Wildman–Crippen MR) is 152 cm³/mol. The Labute approximate surface area is 232 Å². The molecule has 210 valence electrons.